The van der Waals surface area contributed by atoms with Gasteiger partial charge in [-0.25, -0.2) is 4.98 Å². The van der Waals surface area contributed by atoms with Gasteiger partial charge in [-0.3, -0.25) is 4.68 Å². The Morgan fingerprint density at radius 3 is 2.65 bits per heavy atom. The van der Waals surface area contributed by atoms with Crippen LogP contribution in [0.4, 0.5) is 5.13 Å². The first kappa shape index (κ1) is 15.0. The van der Waals surface area contributed by atoms with Crippen LogP contribution in [0.2, 0.25) is 0 Å². The van der Waals surface area contributed by atoms with Gasteiger partial charge in [-0.2, -0.15) is 5.10 Å². The summed E-state index contributed by atoms with van der Waals surface area (Å²) in [7, 11) is 1.95. The number of nitrogens with zero attached hydrogens (tertiary/aromatic N) is 4. The van der Waals surface area contributed by atoms with Crippen LogP contribution < -0.4 is 10.2 Å². The number of thiazole rings is 1. The van der Waals surface area contributed by atoms with E-state index in [4.69, 9.17) is 0 Å². The Morgan fingerprint density at radius 1 is 1.30 bits per heavy atom. The topological polar surface area (TPSA) is 46.0 Å². The molecule has 2 heterocycles. The van der Waals surface area contributed by atoms with E-state index < -0.39 is 0 Å². The highest BCUT2D eigenvalue weighted by Gasteiger charge is 2.08. The third-order valence-electron chi connectivity index (χ3n) is 3.31. The lowest BCUT2D eigenvalue weighted by Crippen LogP contribution is -2.21. The van der Waals surface area contributed by atoms with Gasteiger partial charge in [0.15, 0.2) is 5.13 Å². The monoisotopic (exact) mass is 293 g/mol. The van der Waals surface area contributed by atoms with Crippen LogP contribution in [0, 0.1) is 6.92 Å². The minimum Gasteiger partial charge on any atom is -0.349 e. The van der Waals surface area contributed by atoms with Gasteiger partial charge in [0, 0.05) is 56.1 Å². The van der Waals surface area contributed by atoms with Gasteiger partial charge in [-0.15, -0.1) is 11.3 Å². The second-order valence-corrected chi connectivity index (χ2v) is 5.89. The summed E-state index contributed by atoms with van der Waals surface area (Å²) in [5.74, 6) is 0. The zero-order chi connectivity index (χ0) is 14.5. The number of hydrogen-bond donors (Lipinski definition) is 1. The largest absolute Gasteiger partial charge is 0.349 e. The second kappa shape index (κ2) is 6.85. The molecule has 0 aliphatic carbocycles. The lowest BCUT2D eigenvalue weighted by Gasteiger charge is -2.16. The van der Waals surface area contributed by atoms with Crippen molar-refractivity contribution in [2.24, 2.45) is 7.05 Å². The molecule has 2 aromatic rings. The minimum atomic E-state index is 0.845. The van der Waals surface area contributed by atoms with E-state index >= 15 is 0 Å². The fourth-order valence-electron chi connectivity index (χ4n) is 2.16. The molecule has 0 saturated heterocycles. The summed E-state index contributed by atoms with van der Waals surface area (Å²) in [6.45, 7) is 10.1. The van der Waals surface area contributed by atoms with Crippen LogP contribution in [0.25, 0.3) is 0 Å². The third kappa shape index (κ3) is 3.58. The van der Waals surface area contributed by atoms with E-state index in [0.717, 1.165) is 37.0 Å². The summed E-state index contributed by atoms with van der Waals surface area (Å²) in [5, 5.41) is 8.92. The number of hydrogen-bond acceptors (Lipinski definition) is 5. The average molecular weight is 293 g/mol. The van der Waals surface area contributed by atoms with Gasteiger partial charge in [0.1, 0.15) is 0 Å². The molecule has 0 atom stereocenters. The minimum absolute atomic E-state index is 0.845. The standard InChI is InChI=1S/C14H23N5S/c1-5-19(6-2)14-16-9-13(20-14)8-15-7-12-10-18(4)17-11(12)3/h9-10,15H,5-8H2,1-4H3. The Morgan fingerprint density at radius 2 is 2.05 bits per heavy atom. The first-order chi connectivity index (χ1) is 9.63. The fourth-order valence-corrected chi connectivity index (χ4v) is 3.17. The predicted octanol–water partition coefficient (Wildman–Crippen LogP) is 2.32. The zero-order valence-electron chi connectivity index (χ0n) is 12.7. The number of rotatable bonds is 7. The predicted molar refractivity (Wildman–Crippen MR) is 84.2 cm³/mol. The van der Waals surface area contributed by atoms with Crippen LogP contribution in [0.5, 0.6) is 0 Å². The fraction of sp³-hybridized carbons (Fsp3) is 0.571. The van der Waals surface area contributed by atoms with Crippen molar-refractivity contribution in [3.8, 4) is 0 Å². The number of nitrogens with one attached hydrogen (secondary N) is 1. The Hall–Kier alpha value is -1.40. The van der Waals surface area contributed by atoms with Crippen molar-refractivity contribution < 1.29 is 0 Å². The van der Waals surface area contributed by atoms with Crippen molar-refractivity contribution >= 4 is 16.5 Å². The van der Waals surface area contributed by atoms with Gasteiger partial charge in [-0.05, 0) is 20.8 Å². The molecule has 0 amide bonds. The molecule has 0 radical (unpaired) electrons. The van der Waals surface area contributed by atoms with Gasteiger partial charge in [0.05, 0.1) is 5.69 Å². The maximum absolute atomic E-state index is 4.49. The molecule has 0 aromatic carbocycles. The number of anilines is 1. The van der Waals surface area contributed by atoms with Crippen molar-refractivity contribution in [2.45, 2.75) is 33.9 Å². The molecule has 2 aromatic heterocycles. The molecule has 0 spiro atoms. The lowest BCUT2D eigenvalue weighted by molar-refractivity contribution is 0.696. The first-order valence-electron chi connectivity index (χ1n) is 7.03. The molecule has 1 N–H and O–H groups in total. The maximum atomic E-state index is 4.49. The van der Waals surface area contributed by atoms with Crippen LogP contribution >= 0.6 is 11.3 Å². The van der Waals surface area contributed by atoms with Gasteiger partial charge in [0.25, 0.3) is 0 Å². The van der Waals surface area contributed by atoms with Crippen LogP contribution in [-0.4, -0.2) is 27.9 Å². The Kier molecular flexibility index (Phi) is 5.14. The van der Waals surface area contributed by atoms with E-state index in [1.54, 1.807) is 11.3 Å². The highest BCUT2D eigenvalue weighted by Crippen LogP contribution is 2.22. The number of aryl methyl sites for hydroxylation is 2. The smallest absolute Gasteiger partial charge is 0.185 e. The van der Waals surface area contributed by atoms with Crippen LogP contribution in [0.1, 0.15) is 30.0 Å². The molecule has 110 valence electrons. The third-order valence-corrected chi connectivity index (χ3v) is 4.36. The summed E-state index contributed by atoms with van der Waals surface area (Å²) >= 11 is 1.77. The van der Waals surface area contributed by atoms with Crippen LogP contribution in [-0.2, 0) is 20.1 Å². The highest BCUT2D eigenvalue weighted by atomic mass is 32.1. The molecule has 20 heavy (non-hydrogen) atoms. The van der Waals surface area contributed by atoms with Gasteiger partial charge < -0.3 is 10.2 Å². The molecule has 0 bridgehead atoms. The van der Waals surface area contributed by atoms with E-state index in [-0.39, 0.29) is 0 Å². The van der Waals surface area contributed by atoms with E-state index in [2.05, 4.69) is 40.3 Å². The van der Waals surface area contributed by atoms with Crippen molar-refractivity contribution in [1.29, 1.82) is 0 Å². The lowest BCUT2D eigenvalue weighted by atomic mass is 10.2. The molecule has 6 heteroatoms. The van der Waals surface area contributed by atoms with Gasteiger partial charge >= 0.3 is 0 Å². The number of aromatic nitrogens is 3. The van der Waals surface area contributed by atoms with Crippen LogP contribution in [0.3, 0.4) is 0 Å². The van der Waals surface area contributed by atoms with E-state index in [9.17, 15) is 0 Å². The summed E-state index contributed by atoms with van der Waals surface area (Å²) in [4.78, 5) is 8.04. The average Bonchev–Trinajstić information content (AvgIpc) is 2.99. The molecule has 0 saturated carbocycles. The van der Waals surface area contributed by atoms with Crippen molar-refractivity contribution in [2.75, 3.05) is 18.0 Å². The normalized spacial score (nSPS) is 11.0. The highest BCUT2D eigenvalue weighted by molar-refractivity contribution is 7.15. The summed E-state index contributed by atoms with van der Waals surface area (Å²) in [6.07, 6.45) is 4.04. The molecule has 2 rings (SSSR count). The van der Waals surface area contributed by atoms with Crippen molar-refractivity contribution in [3.63, 3.8) is 0 Å². The van der Waals surface area contributed by atoms with E-state index in [1.165, 1.54) is 10.4 Å². The van der Waals surface area contributed by atoms with Gasteiger partial charge in [0.2, 0.25) is 0 Å². The molecule has 0 aliphatic heterocycles. The van der Waals surface area contributed by atoms with Crippen LogP contribution in [0.15, 0.2) is 12.4 Å². The zero-order valence-corrected chi connectivity index (χ0v) is 13.5. The molecule has 5 nitrogen and oxygen atoms in total. The quantitative estimate of drug-likeness (QED) is 0.851. The molecule has 0 fully saturated rings. The molecule has 0 aliphatic rings. The summed E-state index contributed by atoms with van der Waals surface area (Å²) in [6, 6.07) is 0. The molecular formula is C14H23N5S. The van der Waals surface area contributed by atoms with E-state index in [0.29, 0.717) is 0 Å². The summed E-state index contributed by atoms with van der Waals surface area (Å²) < 4.78 is 1.86. The molecular weight excluding hydrogens is 270 g/mol. The Balaban J connectivity index is 1.87. The first-order valence-corrected chi connectivity index (χ1v) is 7.85. The maximum Gasteiger partial charge on any atom is 0.185 e. The van der Waals surface area contributed by atoms with Crippen molar-refractivity contribution in [1.82, 2.24) is 20.1 Å². The SMILES string of the molecule is CCN(CC)c1ncc(CNCc2cn(C)nc2C)s1. The van der Waals surface area contributed by atoms with Gasteiger partial charge in [-0.1, -0.05) is 0 Å². The van der Waals surface area contributed by atoms with Crippen molar-refractivity contribution in [3.05, 3.63) is 28.5 Å². The van der Waals surface area contributed by atoms with E-state index in [1.807, 2.05) is 24.9 Å². The second-order valence-electron chi connectivity index (χ2n) is 4.80. The summed E-state index contributed by atoms with van der Waals surface area (Å²) in [5.41, 5.74) is 2.34. The Bertz CT molecular complexity index is 542. The Labute approximate surface area is 124 Å². The molecule has 0 unspecified atom stereocenters.